The minimum absolute atomic E-state index is 0.0154. The van der Waals surface area contributed by atoms with Gasteiger partial charge in [-0.3, -0.25) is 14.5 Å². The molecule has 8 heteroatoms. The van der Waals surface area contributed by atoms with E-state index < -0.39 is 5.54 Å². The Labute approximate surface area is 198 Å². The Morgan fingerprint density at radius 1 is 1.21 bits per heavy atom. The summed E-state index contributed by atoms with van der Waals surface area (Å²) >= 11 is 5.81. The minimum Gasteiger partial charge on any atom is -0.395 e. The Morgan fingerprint density at radius 2 is 1.91 bits per heavy atom. The van der Waals surface area contributed by atoms with Crippen LogP contribution in [0.1, 0.15) is 36.8 Å². The molecule has 7 nitrogen and oxygen atoms in total. The first-order valence-electron chi connectivity index (χ1n) is 11.0. The van der Waals surface area contributed by atoms with E-state index in [-0.39, 0.29) is 25.0 Å². The molecule has 1 aliphatic heterocycles. The number of aryl methyl sites for hydroxylation is 2. The minimum atomic E-state index is -0.658. The first-order chi connectivity index (χ1) is 15.9. The number of hydrogen-bond donors (Lipinski definition) is 2. The summed E-state index contributed by atoms with van der Waals surface area (Å²) in [6.45, 7) is 9.32. The molecule has 1 aliphatic carbocycles. The lowest BCUT2D eigenvalue weighted by molar-refractivity contribution is -0.124. The number of hydrogen-bond acceptors (Lipinski definition) is 4. The fourth-order valence-corrected chi connectivity index (χ4v) is 4.93. The highest BCUT2D eigenvalue weighted by Gasteiger charge is 2.59. The maximum atomic E-state index is 13.6. The standard InChI is InChI=1S/C25H26N4O3S/c1-17-16-20(9-10-21(17)26-2)28-23(32)25(12-3-13-25)29(24(28)33)19-7-4-18(5-8-19)6-11-22(31)27-14-15-30/h4-5,7-10,16,30H,3,6,11-15H2,1H3,(H,27,31). The number of rotatable bonds is 7. The molecule has 0 aromatic heterocycles. The third-order valence-electron chi connectivity index (χ3n) is 6.42. The SMILES string of the molecule is [C-]#[N+]c1ccc(N2C(=O)C3(CCC3)N(c3ccc(CCC(=O)NCCO)cc3)C2=S)cc1C. The summed E-state index contributed by atoms with van der Waals surface area (Å²) in [5.74, 6) is -0.110. The van der Waals surface area contributed by atoms with Crippen LogP contribution in [0, 0.1) is 13.5 Å². The summed E-state index contributed by atoms with van der Waals surface area (Å²) in [5.41, 5.74) is 3.28. The van der Waals surface area contributed by atoms with Crippen LogP contribution >= 0.6 is 12.2 Å². The fraction of sp³-hybridized carbons (Fsp3) is 0.360. The molecule has 2 aromatic rings. The van der Waals surface area contributed by atoms with Crippen LogP contribution in [-0.4, -0.2) is 40.7 Å². The van der Waals surface area contributed by atoms with E-state index >= 15 is 0 Å². The molecule has 1 saturated carbocycles. The van der Waals surface area contributed by atoms with Crippen molar-refractivity contribution in [3.63, 3.8) is 0 Å². The van der Waals surface area contributed by atoms with Gasteiger partial charge < -0.3 is 15.3 Å². The van der Waals surface area contributed by atoms with Crippen LogP contribution in [0.2, 0.25) is 0 Å². The van der Waals surface area contributed by atoms with E-state index in [4.69, 9.17) is 23.9 Å². The van der Waals surface area contributed by atoms with Crippen molar-refractivity contribution in [1.29, 1.82) is 0 Å². The van der Waals surface area contributed by atoms with E-state index in [1.165, 1.54) is 0 Å². The molecule has 0 bridgehead atoms. The maximum Gasteiger partial charge on any atom is 0.259 e. The lowest BCUT2D eigenvalue weighted by Gasteiger charge is -2.43. The summed E-state index contributed by atoms with van der Waals surface area (Å²) in [6.07, 6.45) is 3.39. The normalized spacial score (nSPS) is 16.6. The van der Waals surface area contributed by atoms with Crippen LogP contribution < -0.4 is 15.1 Å². The Balaban J connectivity index is 1.56. The summed E-state index contributed by atoms with van der Waals surface area (Å²) in [6, 6.07) is 13.2. The molecular weight excluding hydrogens is 436 g/mol. The zero-order chi connectivity index (χ0) is 23.6. The second kappa shape index (κ2) is 9.30. The number of amides is 2. The molecule has 1 saturated heterocycles. The predicted molar refractivity (Wildman–Crippen MR) is 131 cm³/mol. The van der Waals surface area contributed by atoms with Crippen molar-refractivity contribution in [2.24, 2.45) is 0 Å². The molecule has 2 fully saturated rings. The summed E-state index contributed by atoms with van der Waals surface area (Å²) in [5, 5.41) is 11.9. The van der Waals surface area contributed by atoms with E-state index in [1.807, 2.05) is 42.2 Å². The average Bonchev–Trinajstić information content (AvgIpc) is 3.03. The number of carbonyl (C=O) groups is 2. The number of aliphatic hydroxyl groups excluding tert-OH is 1. The topological polar surface area (TPSA) is 77.2 Å². The van der Waals surface area contributed by atoms with Gasteiger partial charge in [-0.05, 0) is 80.2 Å². The smallest absolute Gasteiger partial charge is 0.259 e. The second-order valence-corrected chi connectivity index (χ2v) is 8.83. The molecule has 1 heterocycles. The van der Waals surface area contributed by atoms with Crippen molar-refractivity contribution in [2.75, 3.05) is 23.0 Å². The molecule has 0 atom stereocenters. The molecule has 33 heavy (non-hydrogen) atoms. The first-order valence-corrected chi connectivity index (χ1v) is 11.5. The number of benzene rings is 2. The van der Waals surface area contributed by atoms with Crippen LogP contribution in [0.4, 0.5) is 17.1 Å². The summed E-state index contributed by atoms with van der Waals surface area (Å²) in [7, 11) is 0. The molecule has 4 rings (SSSR count). The van der Waals surface area contributed by atoms with Crippen molar-refractivity contribution >= 4 is 46.2 Å². The number of anilines is 2. The zero-order valence-electron chi connectivity index (χ0n) is 18.5. The predicted octanol–water partition coefficient (Wildman–Crippen LogP) is 3.65. The van der Waals surface area contributed by atoms with Gasteiger partial charge in [-0.2, -0.15) is 0 Å². The lowest BCUT2D eigenvalue weighted by atomic mass is 9.75. The second-order valence-electron chi connectivity index (χ2n) is 8.47. The third-order valence-corrected chi connectivity index (χ3v) is 6.79. The Morgan fingerprint density at radius 3 is 2.48 bits per heavy atom. The van der Waals surface area contributed by atoms with Crippen LogP contribution in [-0.2, 0) is 16.0 Å². The van der Waals surface area contributed by atoms with Crippen molar-refractivity contribution in [3.05, 3.63) is 65.0 Å². The molecule has 1 spiro atoms. The monoisotopic (exact) mass is 462 g/mol. The highest BCUT2D eigenvalue weighted by atomic mass is 32.1. The van der Waals surface area contributed by atoms with Gasteiger partial charge in [-0.15, -0.1) is 0 Å². The van der Waals surface area contributed by atoms with Gasteiger partial charge in [0.15, 0.2) is 10.8 Å². The van der Waals surface area contributed by atoms with Crippen LogP contribution in [0.15, 0.2) is 42.5 Å². The van der Waals surface area contributed by atoms with Gasteiger partial charge in [0.05, 0.1) is 13.2 Å². The van der Waals surface area contributed by atoms with Gasteiger partial charge in [-0.25, -0.2) is 4.85 Å². The quantitative estimate of drug-likeness (QED) is 0.485. The molecule has 2 amide bonds. The maximum absolute atomic E-state index is 13.6. The van der Waals surface area contributed by atoms with Gasteiger partial charge in [0.1, 0.15) is 5.54 Å². The zero-order valence-corrected chi connectivity index (χ0v) is 19.3. The molecule has 2 N–H and O–H groups in total. The number of carbonyl (C=O) groups excluding carboxylic acids is 2. The number of nitrogens with one attached hydrogen (secondary N) is 1. The Bertz CT molecular complexity index is 1140. The van der Waals surface area contributed by atoms with Gasteiger partial charge in [0.2, 0.25) is 5.91 Å². The van der Waals surface area contributed by atoms with Gasteiger partial charge in [-0.1, -0.05) is 18.2 Å². The largest absolute Gasteiger partial charge is 0.395 e. The Kier molecular flexibility index (Phi) is 6.45. The highest BCUT2D eigenvalue weighted by Crippen LogP contribution is 2.48. The van der Waals surface area contributed by atoms with Crippen LogP contribution in [0.25, 0.3) is 4.85 Å². The lowest BCUT2D eigenvalue weighted by Crippen LogP contribution is -2.55. The Hall–Kier alpha value is -3.28. The highest BCUT2D eigenvalue weighted by molar-refractivity contribution is 7.81. The molecule has 170 valence electrons. The van der Waals surface area contributed by atoms with E-state index in [0.29, 0.717) is 29.3 Å². The van der Waals surface area contributed by atoms with Gasteiger partial charge in [0.25, 0.3) is 5.91 Å². The van der Waals surface area contributed by atoms with Crippen LogP contribution in [0.5, 0.6) is 0 Å². The number of aliphatic hydroxyl groups is 1. The molecular formula is C25H26N4O3S. The third kappa shape index (κ3) is 4.10. The summed E-state index contributed by atoms with van der Waals surface area (Å²) < 4.78 is 0. The summed E-state index contributed by atoms with van der Waals surface area (Å²) in [4.78, 5) is 32.5. The average molecular weight is 463 g/mol. The van der Waals surface area contributed by atoms with E-state index in [9.17, 15) is 9.59 Å². The van der Waals surface area contributed by atoms with Gasteiger partial charge >= 0.3 is 0 Å². The fourth-order valence-electron chi connectivity index (χ4n) is 4.47. The van der Waals surface area contributed by atoms with E-state index in [1.54, 1.807) is 17.0 Å². The molecule has 2 aromatic carbocycles. The van der Waals surface area contributed by atoms with Crippen LogP contribution in [0.3, 0.4) is 0 Å². The molecule has 0 unspecified atom stereocenters. The van der Waals surface area contributed by atoms with Gasteiger partial charge in [0, 0.05) is 24.3 Å². The van der Waals surface area contributed by atoms with Crippen molar-refractivity contribution < 1.29 is 14.7 Å². The first kappa shape index (κ1) is 22.9. The van der Waals surface area contributed by atoms with Crippen molar-refractivity contribution in [1.82, 2.24) is 5.32 Å². The van der Waals surface area contributed by atoms with E-state index in [2.05, 4.69) is 10.2 Å². The van der Waals surface area contributed by atoms with E-state index in [0.717, 1.165) is 36.1 Å². The van der Waals surface area contributed by atoms with Crippen molar-refractivity contribution in [3.8, 4) is 0 Å². The van der Waals surface area contributed by atoms with Crippen molar-refractivity contribution in [2.45, 2.75) is 44.6 Å². The number of thiocarbonyl (C=S) groups is 1. The molecule has 2 aliphatic rings. The molecule has 0 radical (unpaired) electrons. The number of nitrogens with zero attached hydrogens (tertiary/aromatic N) is 3.